The second kappa shape index (κ2) is 11.3. The van der Waals surface area contributed by atoms with Gasteiger partial charge in [0.15, 0.2) is 17.2 Å². The van der Waals surface area contributed by atoms with E-state index in [4.69, 9.17) is 10.7 Å². The monoisotopic (exact) mass is 585 g/mol. The maximum Gasteiger partial charge on any atom is 0.254 e. The third-order valence-electron chi connectivity index (χ3n) is 8.65. The number of nitrogens with zero attached hydrogens (tertiary/aromatic N) is 6. The summed E-state index contributed by atoms with van der Waals surface area (Å²) >= 11 is 0. The van der Waals surface area contributed by atoms with Crippen molar-refractivity contribution in [1.82, 2.24) is 29.4 Å². The zero-order valence-electron chi connectivity index (χ0n) is 23.9. The van der Waals surface area contributed by atoms with Crippen LogP contribution in [0.1, 0.15) is 44.2 Å². The van der Waals surface area contributed by atoms with Crippen molar-refractivity contribution in [3.63, 3.8) is 0 Å². The molecule has 12 heteroatoms. The number of carbonyl (C=O) groups excluding carboxylic acids is 2. The highest BCUT2D eigenvalue weighted by atomic mass is 16.3. The topological polar surface area (TPSA) is 170 Å². The molecule has 12 nitrogen and oxygen atoms in total. The Morgan fingerprint density at radius 2 is 1.67 bits per heavy atom. The van der Waals surface area contributed by atoms with Crippen LogP contribution in [-0.2, 0) is 9.59 Å². The van der Waals surface area contributed by atoms with Crippen LogP contribution in [0.5, 0.6) is 5.75 Å². The Labute approximate surface area is 248 Å². The number of nitrogen functional groups attached to an aromatic ring is 1. The molecule has 2 saturated heterocycles. The fourth-order valence-corrected chi connectivity index (χ4v) is 6.07. The van der Waals surface area contributed by atoms with Crippen molar-refractivity contribution in [3.8, 4) is 28.1 Å². The molecule has 0 bridgehead atoms. The Kier molecular flexibility index (Phi) is 7.49. The van der Waals surface area contributed by atoms with Crippen molar-refractivity contribution < 1.29 is 24.9 Å². The number of likely N-dealkylation sites (tertiary alicyclic amines) is 2. The number of nitrogens with two attached hydrogens (primary N) is 1. The smallest absolute Gasteiger partial charge is 0.254 e. The third kappa shape index (κ3) is 5.28. The Bertz CT molecular complexity index is 1640. The van der Waals surface area contributed by atoms with Gasteiger partial charge in [0.1, 0.15) is 11.7 Å². The van der Waals surface area contributed by atoms with Gasteiger partial charge in [-0.3, -0.25) is 14.6 Å². The van der Waals surface area contributed by atoms with Crippen LogP contribution in [0.2, 0.25) is 0 Å². The number of amides is 2. The fourth-order valence-electron chi connectivity index (χ4n) is 6.07. The van der Waals surface area contributed by atoms with E-state index in [0.717, 1.165) is 22.4 Å². The van der Waals surface area contributed by atoms with Gasteiger partial charge in [0, 0.05) is 67.8 Å². The number of rotatable bonds is 5. The van der Waals surface area contributed by atoms with Crippen LogP contribution >= 0.6 is 0 Å². The quantitative estimate of drug-likeness (QED) is 0.274. The molecular formula is C31H35N7O5. The number of aliphatic hydroxyl groups excluding tert-OH is 1. The second-order valence-corrected chi connectivity index (χ2v) is 11.4. The summed E-state index contributed by atoms with van der Waals surface area (Å²) in [4.78, 5) is 38.0. The SMILES string of the molecule is CC(O)C(=O)N1CCC(O)(C(=O)N2CCC(c3nc4c(-c5ccc(-c6ccccc6)nc5)cnn4c(N)c3O)CC2)CC1. The van der Waals surface area contributed by atoms with Crippen LogP contribution in [0.15, 0.2) is 54.9 Å². The molecule has 0 spiro atoms. The van der Waals surface area contributed by atoms with Gasteiger partial charge in [0.25, 0.3) is 11.8 Å². The first-order valence-electron chi connectivity index (χ1n) is 14.5. The van der Waals surface area contributed by atoms with Gasteiger partial charge in [-0.2, -0.15) is 9.61 Å². The van der Waals surface area contributed by atoms with E-state index in [1.165, 1.54) is 16.3 Å². The largest absolute Gasteiger partial charge is 0.503 e. The number of hydrogen-bond donors (Lipinski definition) is 4. The summed E-state index contributed by atoms with van der Waals surface area (Å²) in [6.45, 7) is 2.58. The Morgan fingerprint density at radius 3 is 2.30 bits per heavy atom. The molecule has 0 radical (unpaired) electrons. The summed E-state index contributed by atoms with van der Waals surface area (Å²) < 4.78 is 1.42. The van der Waals surface area contributed by atoms with E-state index in [9.17, 15) is 24.9 Å². The minimum atomic E-state index is -1.55. The summed E-state index contributed by atoms with van der Waals surface area (Å²) in [5.41, 5.74) is 9.12. The molecule has 0 saturated carbocycles. The fraction of sp³-hybridized carbons (Fsp3) is 0.387. The standard InChI is InChI=1S/C31H35N7O5/c1-19(39)29(41)36-15-11-31(43,12-16-36)30(42)37-13-9-21(10-14-37)25-26(40)27(32)38-28(35-25)23(18-34-38)22-7-8-24(33-17-22)20-5-3-2-4-6-20/h2-8,17-19,21,39-40,43H,9-16,32H2,1H3. The highest BCUT2D eigenvalue weighted by Gasteiger charge is 2.44. The zero-order valence-corrected chi connectivity index (χ0v) is 23.9. The highest BCUT2D eigenvalue weighted by molar-refractivity contribution is 5.86. The molecule has 5 N–H and O–H groups in total. The minimum Gasteiger partial charge on any atom is -0.503 e. The number of aromatic nitrogens is 4. The lowest BCUT2D eigenvalue weighted by molar-refractivity contribution is -0.161. The van der Waals surface area contributed by atoms with Crippen LogP contribution in [0.4, 0.5) is 5.82 Å². The van der Waals surface area contributed by atoms with E-state index in [1.54, 1.807) is 17.3 Å². The van der Waals surface area contributed by atoms with Gasteiger partial charge >= 0.3 is 0 Å². The maximum atomic E-state index is 13.3. The minimum absolute atomic E-state index is 0.0893. The highest BCUT2D eigenvalue weighted by Crippen LogP contribution is 2.38. The first kappa shape index (κ1) is 28.6. The molecular weight excluding hydrogens is 550 g/mol. The Hall–Kier alpha value is -4.55. The van der Waals surface area contributed by atoms with E-state index in [0.29, 0.717) is 37.3 Å². The van der Waals surface area contributed by atoms with Crippen molar-refractivity contribution in [3.05, 3.63) is 60.6 Å². The number of carbonyl (C=O) groups is 2. The van der Waals surface area contributed by atoms with E-state index >= 15 is 0 Å². The predicted octanol–water partition coefficient (Wildman–Crippen LogP) is 2.19. The molecule has 5 heterocycles. The lowest BCUT2D eigenvalue weighted by Gasteiger charge is -2.42. The molecule has 0 aliphatic carbocycles. The van der Waals surface area contributed by atoms with Crippen LogP contribution in [-0.4, -0.2) is 94.4 Å². The normalized spacial score (nSPS) is 18.1. The number of aliphatic hydroxyl groups is 2. The van der Waals surface area contributed by atoms with Crippen molar-refractivity contribution in [2.45, 2.75) is 50.2 Å². The number of aromatic hydroxyl groups is 1. The molecule has 2 aliphatic rings. The summed E-state index contributed by atoms with van der Waals surface area (Å²) in [5.74, 6) is -0.949. The van der Waals surface area contributed by atoms with Gasteiger partial charge in [-0.1, -0.05) is 36.4 Å². The lowest BCUT2D eigenvalue weighted by Crippen LogP contribution is -2.57. The van der Waals surface area contributed by atoms with Gasteiger partial charge in [-0.05, 0) is 25.8 Å². The molecule has 2 fully saturated rings. The van der Waals surface area contributed by atoms with Gasteiger partial charge < -0.3 is 30.9 Å². The van der Waals surface area contributed by atoms with Crippen LogP contribution in [0, 0.1) is 0 Å². The molecule has 1 atom stereocenters. The van der Waals surface area contributed by atoms with Gasteiger partial charge in [0.2, 0.25) is 0 Å². The molecule has 3 aromatic heterocycles. The second-order valence-electron chi connectivity index (χ2n) is 11.4. The molecule has 224 valence electrons. The number of benzene rings is 1. The first-order valence-corrected chi connectivity index (χ1v) is 14.5. The van der Waals surface area contributed by atoms with Gasteiger partial charge in [0.05, 0.1) is 17.6 Å². The molecule has 1 aromatic carbocycles. The number of hydrogen-bond acceptors (Lipinski definition) is 9. The molecule has 1 unspecified atom stereocenters. The number of anilines is 1. The lowest BCUT2D eigenvalue weighted by atomic mass is 9.87. The summed E-state index contributed by atoms with van der Waals surface area (Å²) in [7, 11) is 0. The van der Waals surface area contributed by atoms with Gasteiger partial charge in [-0.25, -0.2) is 4.98 Å². The van der Waals surface area contributed by atoms with E-state index < -0.39 is 17.6 Å². The predicted molar refractivity (Wildman–Crippen MR) is 159 cm³/mol. The molecule has 6 rings (SSSR count). The first-order chi connectivity index (χ1) is 20.7. The summed E-state index contributed by atoms with van der Waals surface area (Å²) in [6, 6.07) is 13.8. The van der Waals surface area contributed by atoms with Crippen molar-refractivity contribution in [2.75, 3.05) is 31.9 Å². The zero-order chi connectivity index (χ0) is 30.3. The van der Waals surface area contributed by atoms with Crippen LogP contribution < -0.4 is 5.73 Å². The molecule has 4 aromatic rings. The van der Waals surface area contributed by atoms with Crippen molar-refractivity contribution in [1.29, 1.82) is 0 Å². The summed E-state index contributed by atoms with van der Waals surface area (Å²) in [6.07, 6.45) is 3.60. The average Bonchev–Trinajstić information content (AvgIpc) is 3.47. The molecule has 2 aliphatic heterocycles. The van der Waals surface area contributed by atoms with E-state index in [1.807, 2.05) is 42.5 Å². The van der Waals surface area contributed by atoms with E-state index in [-0.39, 0.29) is 49.3 Å². The number of piperidine rings is 2. The summed E-state index contributed by atoms with van der Waals surface area (Å²) in [5, 5.41) is 36.1. The average molecular weight is 586 g/mol. The Morgan fingerprint density at radius 1 is 0.977 bits per heavy atom. The van der Waals surface area contributed by atoms with Crippen molar-refractivity contribution in [2.24, 2.45) is 0 Å². The number of fused-ring (bicyclic) bond motifs is 1. The number of pyridine rings is 1. The molecule has 2 amide bonds. The maximum absolute atomic E-state index is 13.3. The molecule has 43 heavy (non-hydrogen) atoms. The van der Waals surface area contributed by atoms with E-state index in [2.05, 4.69) is 10.1 Å². The van der Waals surface area contributed by atoms with Crippen molar-refractivity contribution >= 4 is 23.3 Å². The third-order valence-corrected chi connectivity index (χ3v) is 8.65. The van der Waals surface area contributed by atoms with Gasteiger partial charge in [-0.15, -0.1) is 0 Å². The van der Waals surface area contributed by atoms with Crippen LogP contribution in [0.25, 0.3) is 28.0 Å². The van der Waals surface area contributed by atoms with Crippen LogP contribution in [0.3, 0.4) is 0 Å². The Balaban J connectivity index is 1.17.